The number of sulfonamides is 1. The van der Waals surface area contributed by atoms with Crippen molar-refractivity contribution in [1.82, 2.24) is 9.29 Å². The first-order chi connectivity index (χ1) is 16.3. The van der Waals surface area contributed by atoms with E-state index in [9.17, 15) is 18.3 Å². The van der Waals surface area contributed by atoms with Crippen molar-refractivity contribution in [3.8, 4) is 5.75 Å². The number of halogens is 1. The van der Waals surface area contributed by atoms with Crippen molar-refractivity contribution in [3.63, 3.8) is 0 Å². The number of anilines is 1. The number of aliphatic hydroxyl groups is 1. The fourth-order valence-corrected chi connectivity index (χ4v) is 6.70. The highest BCUT2D eigenvalue weighted by Gasteiger charge is 2.39. The lowest BCUT2D eigenvalue weighted by atomic mass is 10.1. The molecule has 10 heteroatoms. The summed E-state index contributed by atoms with van der Waals surface area (Å²) in [7, 11) is -2.12. The van der Waals surface area contributed by atoms with Gasteiger partial charge in [0.2, 0.25) is 10.0 Å². The summed E-state index contributed by atoms with van der Waals surface area (Å²) in [6.07, 6.45) is 0.934. The maximum Gasteiger partial charge on any atom is 0.253 e. The fraction of sp³-hybridized carbons (Fsp3) is 0.375. The third-order valence-corrected chi connectivity index (χ3v) is 8.86. The van der Waals surface area contributed by atoms with Crippen molar-refractivity contribution >= 4 is 38.2 Å². The third kappa shape index (κ3) is 4.07. The second kappa shape index (κ2) is 8.88. The number of hydrogen-bond donors (Lipinski definition) is 2. The first kappa shape index (κ1) is 23.2. The van der Waals surface area contributed by atoms with E-state index in [2.05, 4.69) is 4.98 Å². The molecule has 1 aliphatic carbocycles. The van der Waals surface area contributed by atoms with Crippen molar-refractivity contribution < 1.29 is 18.3 Å². The molecule has 2 aromatic carbocycles. The van der Waals surface area contributed by atoms with Crippen LogP contribution in [-0.2, 0) is 16.6 Å². The van der Waals surface area contributed by atoms with Crippen molar-refractivity contribution in [3.05, 3.63) is 63.4 Å². The second-order valence-corrected chi connectivity index (χ2v) is 11.1. The molecule has 180 valence electrons. The summed E-state index contributed by atoms with van der Waals surface area (Å²) in [6, 6.07) is 11.1. The van der Waals surface area contributed by atoms with Crippen molar-refractivity contribution in [1.29, 1.82) is 0 Å². The summed E-state index contributed by atoms with van der Waals surface area (Å²) in [4.78, 5) is 17.7. The number of fused-ring (bicyclic) bond motifs is 2. The zero-order chi connectivity index (χ0) is 24.0. The van der Waals surface area contributed by atoms with Gasteiger partial charge in [-0.15, -0.1) is 0 Å². The lowest BCUT2D eigenvalue weighted by Gasteiger charge is -2.31. The van der Waals surface area contributed by atoms with E-state index in [-0.39, 0.29) is 17.0 Å². The van der Waals surface area contributed by atoms with E-state index in [0.717, 1.165) is 5.69 Å². The molecule has 1 aromatic heterocycles. The quantitative estimate of drug-likeness (QED) is 0.554. The Balaban J connectivity index is 1.58. The molecule has 0 radical (unpaired) electrons. The number of nitrogens with zero attached hydrogens (tertiary/aromatic N) is 2. The van der Waals surface area contributed by atoms with Crippen LogP contribution in [0.2, 0.25) is 5.02 Å². The minimum absolute atomic E-state index is 0.0703. The summed E-state index contributed by atoms with van der Waals surface area (Å²) in [5.74, 6) is 0.500. The lowest BCUT2D eigenvalue weighted by Crippen LogP contribution is -2.44. The molecule has 34 heavy (non-hydrogen) atoms. The van der Waals surface area contributed by atoms with E-state index in [0.29, 0.717) is 54.1 Å². The number of aromatic nitrogens is 1. The number of aromatic amines is 1. The van der Waals surface area contributed by atoms with Crippen molar-refractivity contribution in [2.24, 2.45) is 0 Å². The molecule has 1 aliphatic heterocycles. The summed E-state index contributed by atoms with van der Waals surface area (Å²) in [5.41, 5.74) is 1.19. The van der Waals surface area contributed by atoms with Gasteiger partial charge in [-0.25, -0.2) is 8.42 Å². The van der Waals surface area contributed by atoms with Crippen LogP contribution in [0.25, 0.3) is 10.9 Å². The number of nitrogens with one attached hydrogen (secondary N) is 1. The van der Waals surface area contributed by atoms with Crippen molar-refractivity contribution in [2.75, 3.05) is 25.1 Å². The molecule has 2 N–H and O–H groups in total. The van der Waals surface area contributed by atoms with Gasteiger partial charge >= 0.3 is 0 Å². The molecule has 3 aromatic rings. The molecule has 2 atom stereocenters. The summed E-state index contributed by atoms with van der Waals surface area (Å²) in [6.45, 7) is 1.01. The molecule has 8 nitrogen and oxygen atoms in total. The number of pyridine rings is 1. The zero-order valence-corrected chi connectivity index (χ0v) is 20.3. The van der Waals surface area contributed by atoms with Crippen LogP contribution in [-0.4, -0.2) is 55.2 Å². The monoisotopic (exact) mass is 503 g/mol. The molecule has 2 aliphatic rings. The Morgan fingerprint density at radius 2 is 2.06 bits per heavy atom. The number of benzene rings is 2. The molecule has 5 rings (SSSR count). The van der Waals surface area contributed by atoms with Gasteiger partial charge in [0, 0.05) is 30.6 Å². The fourth-order valence-electron chi connectivity index (χ4n) is 4.80. The van der Waals surface area contributed by atoms with Gasteiger partial charge in [0.05, 0.1) is 39.8 Å². The SMILES string of the molecule is CN1CCOc2cc(S(=O)(=O)N(Cc3cc4cccc(Cl)c4[nH]c3=O)C3CCCC3O)ccc21. The average Bonchev–Trinajstić information content (AvgIpc) is 3.23. The maximum atomic E-state index is 13.9. The molecule has 2 unspecified atom stereocenters. The topological polar surface area (TPSA) is 103 Å². The number of H-pyrrole nitrogens is 1. The third-order valence-electron chi connectivity index (χ3n) is 6.68. The summed E-state index contributed by atoms with van der Waals surface area (Å²) >= 11 is 6.21. The molecule has 2 heterocycles. The number of aliphatic hydroxyl groups excluding tert-OH is 1. The summed E-state index contributed by atoms with van der Waals surface area (Å²) in [5, 5.41) is 11.7. The normalized spacial score (nSPS) is 20.5. The molecular weight excluding hydrogens is 478 g/mol. The van der Waals surface area contributed by atoms with Crippen LogP contribution >= 0.6 is 11.6 Å². The van der Waals surface area contributed by atoms with Crippen LogP contribution in [0.3, 0.4) is 0 Å². The standard InChI is InChI=1S/C24H26ClN3O5S/c1-27-10-11-33-22-13-17(8-9-20(22)27)34(31,32)28(19-6-3-7-21(19)29)14-16-12-15-4-2-5-18(25)23(15)26-24(16)30/h2,4-5,8-9,12-13,19,21,29H,3,6-7,10-11,14H2,1H3,(H,26,30). The number of hydrogen-bond acceptors (Lipinski definition) is 6. The van der Waals surface area contributed by atoms with E-state index < -0.39 is 27.7 Å². The van der Waals surface area contributed by atoms with Crippen LogP contribution in [0.1, 0.15) is 24.8 Å². The zero-order valence-electron chi connectivity index (χ0n) is 18.7. The Hall–Kier alpha value is -2.59. The lowest BCUT2D eigenvalue weighted by molar-refractivity contribution is 0.110. The van der Waals surface area contributed by atoms with Crippen LogP contribution < -0.4 is 15.2 Å². The highest BCUT2D eigenvalue weighted by molar-refractivity contribution is 7.89. The number of ether oxygens (including phenoxy) is 1. The Labute approximate surface area is 202 Å². The van der Waals surface area contributed by atoms with Gasteiger partial charge in [-0.05, 0) is 43.5 Å². The van der Waals surface area contributed by atoms with Crippen LogP contribution in [0.4, 0.5) is 5.69 Å². The van der Waals surface area contributed by atoms with Crippen LogP contribution in [0.15, 0.2) is 52.2 Å². The predicted octanol–water partition coefficient (Wildman–Crippen LogP) is 3.11. The van der Waals surface area contributed by atoms with Gasteiger partial charge in [-0.3, -0.25) is 4.79 Å². The predicted molar refractivity (Wildman–Crippen MR) is 131 cm³/mol. The number of likely N-dealkylation sites (N-methyl/N-ethyl adjacent to an activating group) is 1. The van der Waals surface area contributed by atoms with Gasteiger partial charge in [-0.1, -0.05) is 23.7 Å². The van der Waals surface area contributed by atoms with E-state index in [1.54, 1.807) is 36.4 Å². The molecule has 0 amide bonds. The molecule has 0 bridgehead atoms. The smallest absolute Gasteiger partial charge is 0.253 e. The van der Waals surface area contributed by atoms with Gasteiger partial charge in [-0.2, -0.15) is 4.31 Å². The highest BCUT2D eigenvalue weighted by Crippen LogP contribution is 2.36. The molecular formula is C24H26ClN3O5S. The van der Waals surface area contributed by atoms with Gasteiger partial charge in [0.25, 0.3) is 5.56 Å². The number of para-hydroxylation sites is 1. The van der Waals surface area contributed by atoms with E-state index in [1.807, 2.05) is 11.9 Å². The highest BCUT2D eigenvalue weighted by atomic mass is 35.5. The first-order valence-electron chi connectivity index (χ1n) is 11.2. The molecule has 1 saturated carbocycles. The average molecular weight is 504 g/mol. The second-order valence-electron chi connectivity index (χ2n) is 8.84. The minimum atomic E-state index is -4.05. The minimum Gasteiger partial charge on any atom is -0.490 e. The Morgan fingerprint density at radius 3 is 2.82 bits per heavy atom. The molecule has 0 spiro atoms. The largest absolute Gasteiger partial charge is 0.490 e. The molecule has 1 fully saturated rings. The number of rotatable bonds is 5. The van der Waals surface area contributed by atoms with E-state index >= 15 is 0 Å². The van der Waals surface area contributed by atoms with Gasteiger partial charge in [0.1, 0.15) is 12.4 Å². The van der Waals surface area contributed by atoms with Crippen LogP contribution in [0, 0.1) is 0 Å². The Morgan fingerprint density at radius 1 is 1.24 bits per heavy atom. The van der Waals surface area contributed by atoms with E-state index in [4.69, 9.17) is 16.3 Å². The summed E-state index contributed by atoms with van der Waals surface area (Å²) < 4.78 is 34.7. The van der Waals surface area contributed by atoms with E-state index in [1.165, 1.54) is 10.4 Å². The van der Waals surface area contributed by atoms with Crippen molar-refractivity contribution in [2.45, 2.75) is 42.8 Å². The first-order valence-corrected chi connectivity index (χ1v) is 13.1. The Bertz CT molecular complexity index is 1410. The maximum absolute atomic E-state index is 13.9. The van der Waals surface area contributed by atoms with Gasteiger partial charge in [0.15, 0.2) is 0 Å². The van der Waals surface area contributed by atoms with Gasteiger partial charge < -0.3 is 19.7 Å². The molecule has 0 saturated heterocycles. The Kier molecular flexibility index (Phi) is 6.05. The van der Waals surface area contributed by atoms with Crippen LogP contribution in [0.5, 0.6) is 5.75 Å².